The van der Waals surface area contributed by atoms with Gasteiger partial charge in [-0.25, -0.2) is 13.2 Å². The minimum Gasteiger partial charge on any atom is -0.480 e. The predicted molar refractivity (Wildman–Crippen MR) is 171 cm³/mol. The molecule has 1 aromatic heterocycles. The fraction of sp³-hybridized carbons (Fsp3) is 0.314. The summed E-state index contributed by atoms with van der Waals surface area (Å²) in [5.41, 5.74) is 4.51. The Hall–Kier alpha value is -4.21. The van der Waals surface area contributed by atoms with E-state index in [2.05, 4.69) is 12.2 Å². The van der Waals surface area contributed by atoms with E-state index >= 15 is 0 Å². The van der Waals surface area contributed by atoms with E-state index < -0.39 is 27.8 Å². The smallest absolute Gasteiger partial charge is 0.326 e. The van der Waals surface area contributed by atoms with Crippen molar-refractivity contribution >= 4 is 21.7 Å². The molecule has 0 saturated heterocycles. The zero-order valence-electron chi connectivity index (χ0n) is 25.3. The Morgan fingerprint density at radius 1 is 0.932 bits per heavy atom. The van der Waals surface area contributed by atoms with Crippen LogP contribution in [-0.2, 0) is 26.0 Å². The van der Waals surface area contributed by atoms with E-state index in [1.54, 1.807) is 12.1 Å². The van der Waals surface area contributed by atoms with Crippen molar-refractivity contribution in [2.75, 3.05) is 12.0 Å². The zero-order valence-corrected chi connectivity index (χ0v) is 26.1. The molecule has 0 unspecified atom stereocenters. The number of aliphatic carboxylic acids is 1. The van der Waals surface area contributed by atoms with Crippen LogP contribution in [0.2, 0.25) is 0 Å². The van der Waals surface area contributed by atoms with Crippen molar-refractivity contribution in [3.8, 4) is 22.5 Å². The SMILES string of the molecule is CCCC[C@@H](OCc1ccc(C(=O)N[C@@H](CCS(C)(=O)=O)C(=O)O)c(-c2ccccc2C)c1)c1ccc(-c2ccccc2)o1. The molecule has 3 aromatic carbocycles. The molecule has 1 amide bonds. The first kappa shape index (κ1) is 32.7. The lowest BCUT2D eigenvalue weighted by atomic mass is 9.93. The van der Waals surface area contributed by atoms with Gasteiger partial charge in [0.25, 0.3) is 5.91 Å². The van der Waals surface area contributed by atoms with Crippen LogP contribution in [0.5, 0.6) is 0 Å². The lowest BCUT2D eigenvalue weighted by Gasteiger charge is -2.19. The number of furan rings is 1. The van der Waals surface area contributed by atoms with Crippen LogP contribution < -0.4 is 5.32 Å². The van der Waals surface area contributed by atoms with E-state index in [0.717, 1.165) is 59.3 Å². The summed E-state index contributed by atoms with van der Waals surface area (Å²) in [4.78, 5) is 25.3. The third kappa shape index (κ3) is 8.90. The van der Waals surface area contributed by atoms with Gasteiger partial charge < -0.3 is 19.6 Å². The second-order valence-corrected chi connectivity index (χ2v) is 13.2. The van der Waals surface area contributed by atoms with Crippen molar-refractivity contribution in [1.82, 2.24) is 5.32 Å². The Bertz CT molecular complexity index is 1680. The number of rotatable bonds is 15. The maximum Gasteiger partial charge on any atom is 0.326 e. The number of carboxylic acid groups (broad SMARTS) is 1. The Kier molecular flexibility index (Phi) is 11.1. The Morgan fingerprint density at radius 2 is 1.66 bits per heavy atom. The summed E-state index contributed by atoms with van der Waals surface area (Å²) in [5.74, 6) is -0.717. The maximum absolute atomic E-state index is 13.4. The molecular formula is C35H39NO7S. The number of carbonyl (C=O) groups is 2. The quantitative estimate of drug-likeness (QED) is 0.147. The monoisotopic (exact) mass is 617 g/mol. The number of unbranched alkanes of at least 4 members (excludes halogenated alkanes) is 1. The normalized spacial score (nSPS) is 12.9. The first-order valence-electron chi connectivity index (χ1n) is 14.7. The van der Waals surface area contributed by atoms with Crippen molar-refractivity contribution < 1.29 is 32.3 Å². The van der Waals surface area contributed by atoms with Crippen LogP contribution in [0.3, 0.4) is 0 Å². The highest BCUT2D eigenvalue weighted by atomic mass is 32.2. The number of benzene rings is 3. The Balaban J connectivity index is 1.59. The minimum absolute atomic E-state index is 0.233. The molecule has 0 aliphatic carbocycles. The molecule has 1 heterocycles. The second kappa shape index (κ2) is 15.0. The molecule has 0 spiro atoms. The van der Waals surface area contributed by atoms with Crippen LogP contribution >= 0.6 is 0 Å². The molecule has 0 bridgehead atoms. The van der Waals surface area contributed by atoms with Crippen LogP contribution in [-0.4, -0.2) is 43.5 Å². The highest BCUT2D eigenvalue weighted by Crippen LogP contribution is 2.32. The average Bonchev–Trinajstić information content (AvgIpc) is 3.49. The number of carboxylic acids is 1. The molecule has 2 atom stereocenters. The van der Waals surface area contributed by atoms with Gasteiger partial charge in [-0.1, -0.05) is 80.4 Å². The average molecular weight is 618 g/mol. The van der Waals surface area contributed by atoms with Crippen molar-refractivity contribution in [2.24, 2.45) is 0 Å². The number of hydrogen-bond donors (Lipinski definition) is 2. The molecule has 232 valence electrons. The summed E-state index contributed by atoms with van der Waals surface area (Å²) in [7, 11) is -3.40. The molecule has 0 saturated carbocycles. The number of sulfone groups is 1. The van der Waals surface area contributed by atoms with Crippen molar-refractivity contribution in [3.63, 3.8) is 0 Å². The van der Waals surface area contributed by atoms with E-state index in [-0.39, 0.29) is 30.4 Å². The van der Waals surface area contributed by atoms with Gasteiger partial charge in [0.1, 0.15) is 33.5 Å². The van der Waals surface area contributed by atoms with Crippen LogP contribution in [0.25, 0.3) is 22.5 Å². The number of carbonyl (C=O) groups excluding carboxylic acids is 1. The molecule has 0 aliphatic rings. The summed E-state index contributed by atoms with van der Waals surface area (Å²) >= 11 is 0. The number of ether oxygens (including phenoxy) is 1. The van der Waals surface area contributed by atoms with Crippen LogP contribution in [0.15, 0.2) is 89.3 Å². The molecule has 0 aliphatic heterocycles. The second-order valence-electron chi connectivity index (χ2n) is 11.0. The molecule has 0 radical (unpaired) electrons. The van der Waals surface area contributed by atoms with Crippen LogP contribution in [0, 0.1) is 6.92 Å². The fourth-order valence-electron chi connectivity index (χ4n) is 4.98. The largest absolute Gasteiger partial charge is 0.480 e. The highest BCUT2D eigenvalue weighted by molar-refractivity contribution is 7.90. The Morgan fingerprint density at radius 3 is 2.34 bits per heavy atom. The van der Waals surface area contributed by atoms with E-state index in [4.69, 9.17) is 9.15 Å². The standard InChI is InChI=1S/C35H39NO7S/c1-4-5-15-32(33-19-18-31(43-33)26-12-7-6-8-13-26)42-23-25-16-17-28(29(22-25)27-14-10-9-11-24(27)2)34(37)36-30(35(38)39)20-21-44(3,40)41/h6-14,16-19,22,30,32H,4-5,15,20-21,23H2,1-3H3,(H,36,37)(H,38,39)/t30-,32+/m0/s1. The topological polar surface area (TPSA) is 123 Å². The van der Waals surface area contributed by atoms with Crippen LogP contribution in [0.1, 0.15) is 66.0 Å². The van der Waals surface area contributed by atoms with Gasteiger partial charge in [-0.2, -0.15) is 0 Å². The lowest BCUT2D eigenvalue weighted by Crippen LogP contribution is -2.42. The van der Waals surface area contributed by atoms with E-state index in [0.29, 0.717) is 5.56 Å². The van der Waals surface area contributed by atoms with E-state index in [1.165, 1.54) is 0 Å². The van der Waals surface area contributed by atoms with Gasteiger partial charge >= 0.3 is 5.97 Å². The number of nitrogens with one attached hydrogen (secondary N) is 1. The number of amides is 1. The summed E-state index contributed by atoms with van der Waals surface area (Å²) in [5, 5.41) is 12.2. The third-order valence-electron chi connectivity index (χ3n) is 7.42. The third-order valence-corrected chi connectivity index (χ3v) is 8.40. The highest BCUT2D eigenvalue weighted by Gasteiger charge is 2.25. The van der Waals surface area contributed by atoms with Gasteiger partial charge in [0.05, 0.1) is 12.4 Å². The van der Waals surface area contributed by atoms with Crippen molar-refractivity contribution in [1.29, 1.82) is 0 Å². The minimum atomic E-state index is -3.40. The molecule has 4 aromatic rings. The van der Waals surface area contributed by atoms with Gasteiger partial charge in [-0.05, 0) is 66.3 Å². The molecular weight excluding hydrogens is 578 g/mol. The van der Waals surface area contributed by atoms with Crippen molar-refractivity contribution in [3.05, 3.63) is 107 Å². The summed E-state index contributed by atoms with van der Waals surface area (Å²) in [6.45, 7) is 4.33. The number of aryl methyl sites for hydroxylation is 1. The number of hydrogen-bond acceptors (Lipinski definition) is 6. The zero-order chi connectivity index (χ0) is 31.7. The molecule has 0 fully saturated rings. The van der Waals surface area contributed by atoms with E-state index in [9.17, 15) is 23.1 Å². The maximum atomic E-state index is 13.4. The van der Waals surface area contributed by atoms with Gasteiger partial charge in [-0.15, -0.1) is 0 Å². The summed E-state index contributed by atoms with van der Waals surface area (Å²) in [6.07, 6.45) is 3.30. The van der Waals surface area contributed by atoms with Gasteiger partial charge in [0, 0.05) is 17.4 Å². The van der Waals surface area contributed by atoms with Crippen LogP contribution in [0.4, 0.5) is 0 Å². The molecule has 2 N–H and O–H groups in total. The molecule has 8 nitrogen and oxygen atoms in total. The molecule has 4 rings (SSSR count). The summed E-state index contributed by atoms with van der Waals surface area (Å²) < 4.78 is 35.9. The predicted octanol–water partition coefficient (Wildman–Crippen LogP) is 6.99. The fourth-order valence-corrected chi connectivity index (χ4v) is 5.64. The Labute approximate surface area is 259 Å². The van der Waals surface area contributed by atoms with E-state index in [1.807, 2.05) is 79.7 Å². The first-order chi connectivity index (χ1) is 21.1. The first-order valence-corrected chi connectivity index (χ1v) is 16.8. The summed E-state index contributed by atoms with van der Waals surface area (Å²) in [6, 6.07) is 25.4. The van der Waals surface area contributed by atoms with Gasteiger partial charge in [-0.3, -0.25) is 4.79 Å². The van der Waals surface area contributed by atoms with Gasteiger partial charge in [0.15, 0.2) is 0 Å². The molecule has 44 heavy (non-hydrogen) atoms. The van der Waals surface area contributed by atoms with Gasteiger partial charge in [0.2, 0.25) is 0 Å². The van der Waals surface area contributed by atoms with Crippen molar-refractivity contribution in [2.45, 2.75) is 58.3 Å². The molecule has 9 heteroatoms. The lowest BCUT2D eigenvalue weighted by molar-refractivity contribution is -0.139.